The molecule has 0 rings (SSSR count). The highest BCUT2D eigenvalue weighted by Gasteiger charge is 2.28. The second kappa shape index (κ2) is 62.5. The predicted octanol–water partition coefficient (Wildman–Crippen LogP) is 22.2. The molecule has 3 unspecified atom stereocenters. The molecule has 0 aromatic carbocycles. The average molecular weight is 1160 g/mol. The standard InChI is InChI=1S/C72H135N2O6P/c1-6-8-10-12-14-16-18-20-22-24-26-28-30-32-34-35-36-37-38-40-41-43-45-47-49-51-53-55-57-59-61-63-65-71(75)70(69-80-81(77,78)79-68-67-74(3,4)5)73-72(76)66-64-62-60-58-56-54-52-50-48-46-44-42-39-33-31-29-27-25-23-21-19-17-15-13-11-9-7-2/h9,11,15,17,21,23,27,29,55,57,63,65,70-71,75H,6-8,10,12-14,16,18-20,22,24-26,28,30-54,56,58-62,64,66-69H2,1-5H3,(H-,73,76,77,78)/p+1/b11-9-,17-15-,23-21-,29-27-,57-55+,65-63+. The molecular formula is C72H136N2O6P+. The Hall–Kier alpha value is -2.06. The van der Waals surface area contributed by atoms with Crippen LogP contribution < -0.4 is 5.32 Å². The Bertz CT molecular complexity index is 1550. The first-order valence-corrected chi connectivity index (χ1v) is 36.3. The molecular weight excluding hydrogens is 1020 g/mol. The van der Waals surface area contributed by atoms with Crippen LogP contribution in [0.1, 0.15) is 328 Å². The fraction of sp³-hybridized carbons (Fsp3) is 0.819. The van der Waals surface area contributed by atoms with Crippen LogP contribution in [0.5, 0.6) is 0 Å². The Morgan fingerprint density at radius 2 is 0.753 bits per heavy atom. The number of quaternary nitrogens is 1. The molecule has 0 spiro atoms. The van der Waals surface area contributed by atoms with E-state index in [0.717, 1.165) is 64.2 Å². The monoisotopic (exact) mass is 1160 g/mol. The number of rotatable bonds is 64. The molecule has 0 radical (unpaired) electrons. The lowest BCUT2D eigenvalue weighted by Crippen LogP contribution is -2.45. The molecule has 0 aliphatic heterocycles. The van der Waals surface area contributed by atoms with Crippen LogP contribution in [-0.4, -0.2) is 73.4 Å². The molecule has 3 N–H and O–H groups in total. The number of phosphoric acid groups is 1. The van der Waals surface area contributed by atoms with Gasteiger partial charge in [0.25, 0.3) is 0 Å². The van der Waals surface area contributed by atoms with E-state index in [1.165, 1.54) is 244 Å². The van der Waals surface area contributed by atoms with Gasteiger partial charge in [-0.1, -0.05) is 324 Å². The number of hydrogen-bond acceptors (Lipinski definition) is 5. The van der Waals surface area contributed by atoms with E-state index in [9.17, 15) is 19.4 Å². The molecule has 3 atom stereocenters. The molecule has 0 aromatic heterocycles. The Labute approximate surface area is 504 Å². The van der Waals surface area contributed by atoms with Crippen molar-refractivity contribution in [3.05, 3.63) is 72.9 Å². The molecule has 1 amide bonds. The molecule has 0 aliphatic rings. The maximum absolute atomic E-state index is 13.0. The van der Waals surface area contributed by atoms with Gasteiger partial charge in [0, 0.05) is 6.42 Å². The van der Waals surface area contributed by atoms with Crippen molar-refractivity contribution in [2.45, 2.75) is 341 Å². The molecule has 0 aromatic rings. The number of phosphoric ester groups is 1. The summed E-state index contributed by atoms with van der Waals surface area (Å²) in [4.78, 5) is 23.4. The Kier molecular flexibility index (Phi) is 60.9. The highest BCUT2D eigenvalue weighted by Crippen LogP contribution is 2.43. The van der Waals surface area contributed by atoms with E-state index < -0.39 is 20.0 Å². The van der Waals surface area contributed by atoms with E-state index in [0.29, 0.717) is 17.4 Å². The number of nitrogens with zero attached hydrogens (tertiary/aromatic N) is 1. The molecule has 0 fully saturated rings. The third kappa shape index (κ3) is 65.3. The van der Waals surface area contributed by atoms with Crippen LogP contribution in [0.25, 0.3) is 0 Å². The first-order chi connectivity index (χ1) is 39.5. The quantitative estimate of drug-likeness (QED) is 0.0243. The van der Waals surface area contributed by atoms with Gasteiger partial charge in [-0.05, 0) is 70.6 Å². The maximum atomic E-state index is 13.0. The molecule has 0 bridgehead atoms. The van der Waals surface area contributed by atoms with Crippen LogP contribution in [0, 0.1) is 0 Å². The minimum absolute atomic E-state index is 0.0545. The number of carbonyl (C=O) groups is 1. The summed E-state index contributed by atoms with van der Waals surface area (Å²) in [5.41, 5.74) is 0. The summed E-state index contributed by atoms with van der Waals surface area (Å²) in [6.45, 7) is 4.72. The first-order valence-electron chi connectivity index (χ1n) is 34.8. The average Bonchev–Trinajstić information content (AvgIpc) is 3.43. The summed E-state index contributed by atoms with van der Waals surface area (Å²) in [5.74, 6) is -0.186. The van der Waals surface area contributed by atoms with Crippen molar-refractivity contribution >= 4 is 13.7 Å². The van der Waals surface area contributed by atoms with Gasteiger partial charge in [0.15, 0.2) is 0 Å². The normalized spacial score (nSPS) is 14.1. The van der Waals surface area contributed by atoms with Crippen LogP contribution in [0.4, 0.5) is 0 Å². The second-order valence-corrected chi connectivity index (χ2v) is 26.3. The number of unbranched alkanes of at least 4 members (excludes halogenated alkanes) is 41. The van der Waals surface area contributed by atoms with E-state index in [2.05, 4.69) is 79.9 Å². The zero-order valence-electron chi connectivity index (χ0n) is 54.3. The third-order valence-electron chi connectivity index (χ3n) is 15.7. The predicted molar refractivity (Wildman–Crippen MR) is 355 cm³/mol. The van der Waals surface area contributed by atoms with E-state index in [1.807, 2.05) is 27.2 Å². The fourth-order valence-electron chi connectivity index (χ4n) is 10.3. The molecule has 8 nitrogen and oxygen atoms in total. The number of carbonyl (C=O) groups excluding carboxylic acids is 1. The summed E-state index contributed by atoms with van der Waals surface area (Å²) in [6.07, 6.45) is 87.7. The summed E-state index contributed by atoms with van der Waals surface area (Å²) in [7, 11) is 1.56. The molecule has 474 valence electrons. The minimum atomic E-state index is -4.37. The van der Waals surface area contributed by atoms with Crippen molar-refractivity contribution in [3.8, 4) is 0 Å². The number of likely N-dealkylation sites (N-methyl/N-ethyl adjacent to an activating group) is 1. The number of hydrogen-bond donors (Lipinski definition) is 3. The zero-order chi connectivity index (χ0) is 59.1. The summed E-state index contributed by atoms with van der Waals surface area (Å²) in [6, 6.07) is -0.869. The Balaban J connectivity index is 4.10. The van der Waals surface area contributed by atoms with E-state index in [1.54, 1.807) is 6.08 Å². The van der Waals surface area contributed by atoms with Gasteiger partial charge in [0.1, 0.15) is 13.2 Å². The van der Waals surface area contributed by atoms with Crippen molar-refractivity contribution in [1.29, 1.82) is 0 Å². The molecule has 0 heterocycles. The Morgan fingerprint density at radius 3 is 1.14 bits per heavy atom. The van der Waals surface area contributed by atoms with Gasteiger partial charge in [-0.15, -0.1) is 0 Å². The molecule has 0 saturated carbocycles. The van der Waals surface area contributed by atoms with Gasteiger partial charge in [0.05, 0.1) is 39.9 Å². The van der Waals surface area contributed by atoms with Crippen LogP contribution in [-0.2, 0) is 18.4 Å². The van der Waals surface area contributed by atoms with Gasteiger partial charge in [0.2, 0.25) is 5.91 Å². The largest absolute Gasteiger partial charge is 0.472 e. The van der Waals surface area contributed by atoms with Gasteiger partial charge < -0.3 is 19.8 Å². The number of nitrogens with one attached hydrogen (secondary N) is 1. The third-order valence-corrected chi connectivity index (χ3v) is 16.6. The molecule has 9 heteroatoms. The SMILES string of the molecule is CC/C=C\C/C=C\C/C=C\C/C=C\CCCCCCCCCCCCCCCCC(=O)NC(COP(=O)(O)OCC[N+](C)(C)C)C(O)/C=C/CC/C=C/CCCCCCCCCCCCCCCCCCCCCCCCCCCC. The van der Waals surface area contributed by atoms with E-state index in [-0.39, 0.29) is 19.1 Å². The van der Waals surface area contributed by atoms with Crippen LogP contribution >= 0.6 is 7.82 Å². The van der Waals surface area contributed by atoms with Crippen molar-refractivity contribution < 1.29 is 32.9 Å². The zero-order valence-corrected chi connectivity index (χ0v) is 55.2. The lowest BCUT2D eigenvalue weighted by molar-refractivity contribution is -0.870. The topological polar surface area (TPSA) is 105 Å². The van der Waals surface area contributed by atoms with Gasteiger partial charge in [-0.25, -0.2) is 4.57 Å². The Morgan fingerprint density at radius 1 is 0.432 bits per heavy atom. The van der Waals surface area contributed by atoms with Gasteiger partial charge in [-0.3, -0.25) is 13.8 Å². The first kappa shape index (κ1) is 78.9. The van der Waals surface area contributed by atoms with E-state index in [4.69, 9.17) is 9.05 Å². The van der Waals surface area contributed by atoms with Crippen LogP contribution in [0.2, 0.25) is 0 Å². The summed E-state index contributed by atoms with van der Waals surface area (Å²) >= 11 is 0. The van der Waals surface area contributed by atoms with Crippen molar-refractivity contribution in [2.24, 2.45) is 0 Å². The number of aliphatic hydroxyl groups excluding tert-OH is 1. The lowest BCUT2D eigenvalue weighted by Gasteiger charge is -2.25. The van der Waals surface area contributed by atoms with Crippen LogP contribution in [0.15, 0.2) is 72.9 Å². The highest BCUT2D eigenvalue weighted by molar-refractivity contribution is 7.47. The summed E-state index contributed by atoms with van der Waals surface area (Å²) < 4.78 is 23.8. The summed E-state index contributed by atoms with van der Waals surface area (Å²) in [5, 5.41) is 14.0. The maximum Gasteiger partial charge on any atom is 0.472 e. The molecule has 0 aliphatic carbocycles. The minimum Gasteiger partial charge on any atom is -0.387 e. The second-order valence-electron chi connectivity index (χ2n) is 24.9. The molecule has 0 saturated heterocycles. The van der Waals surface area contributed by atoms with Gasteiger partial charge >= 0.3 is 7.82 Å². The number of aliphatic hydroxyl groups is 1. The van der Waals surface area contributed by atoms with Gasteiger partial charge in [-0.2, -0.15) is 0 Å². The number of amides is 1. The van der Waals surface area contributed by atoms with Crippen molar-refractivity contribution in [3.63, 3.8) is 0 Å². The van der Waals surface area contributed by atoms with Crippen molar-refractivity contribution in [2.75, 3.05) is 40.9 Å². The highest BCUT2D eigenvalue weighted by atomic mass is 31.2. The van der Waals surface area contributed by atoms with E-state index >= 15 is 0 Å². The smallest absolute Gasteiger partial charge is 0.387 e. The van der Waals surface area contributed by atoms with Crippen molar-refractivity contribution in [1.82, 2.24) is 5.32 Å². The fourth-order valence-corrected chi connectivity index (χ4v) is 11.0. The molecule has 81 heavy (non-hydrogen) atoms. The number of allylic oxidation sites excluding steroid dienone is 11. The lowest BCUT2D eigenvalue weighted by atomic mass is 10.0. The van der Waals surface area contributed by atoms with Crippen LogP contribution in [0.3, 0.4) is 0 Å².